The lowest BCUT2D eigenvalue weighted by Crippen LogP contribution is -2.39. The maximum atomic E-state index is 5.78. The molecule has 4 nitrogen and oxygen atoms in total. The first kappa shape index (κ1) is 15.2. The highest BCUT2D eigenvalue weighted by Crippen LogP contribution is 2.12. The molecule has 18 heavy (non-hydrogen) atoms. The van der Waals surface area contributed by atoms with Crippen molar-refractivity contribution in [3.05, 3.63) is 17.0 Å². The van der Waals surface area contributed by atoms with E-state index in [9.17, 15) is 0 Å². The van der Waals surface area contributed by atoms with E-state index in [0.717, 1.165) is 12.2 Å². The van der Waals surface area contributed by atoms with Crippen LogP contribution in [-0.2, 0) is 0 Å². The highest BCUT2D eigenvalue weighted by Gasteiger charge is 2.13. The lowest BCUT2D eigenvalue weighted by molar-refractivity contribution is 0.140. The van der Waals surface area contributed by atoms with Crippen molar-refractivity contribution in [1.82, 2.24) is 14.9 Å². The molecule has 0 fully saturated rings. The van der Waals surface area contributed by atoms with Crippen LogP contribution >= 0.6 is 11.6 Å². The first-order chi connectivity index (χ1) is 8.40. The largest absolute Gasteiger partial charge is 0.476 e. The Labute approximate surface area is 114 Å². The van der Waals surface area contributed by atoms with E-state index in [4.69, 9.17) is 16.3 Å². The van der Waals surface area contributed by atoms with Crippen LogP contribution < -0.4 is 4.74 Å². The number of halogens is 1. The Balaban J connectivity index is 2.50. The van der Waals surface area contributed by atoms with Gasteiger partial charge in [0.15, 0.2) is 0 Å². The average molecular weight is 272 g/mol. The highest BCUT2D eigenvalue weighted by molar-refractivity contribution is 6.28. The van der Waals surface area contributed by atoms with Gasteiger partial charge in [-0.15, -0.1) is 0 Å². The van der Waals surface area contributed by atoms with Crippen molar-refractivity contribution in [3.8, 4) is 5.88 Å². The fourth-order valence-electron chi connectivity index (χ4n) is 1.95. The normalized spacial score (nSPS) is 11.6. The zero-order valence-electron chi connectivity index (χ0n) is 11.8. The van der Waals surface area contributed by atoms with Gasteiger partial charge in [0.05, 0.1) is 0 Å². The molecule has 0 aliphatic rings. The molecule has 0 N–H and O–H groups in total. The summed E-state index contributed by atoms with van der Waals surface area (Å²) >= 11 is 5.78. The van der Waals surface area contributed by atoms with Crippen LogP contribution in [0.2, 0.25) is 5.28 Å². The molecule has 0 aliphatic carbocycles. The van der Waals surface area contributed by atoms with E-state index in [1.54, 1.807) is 6.07 Å². The molecule has 0 aromatic carbocycles. The maximum Gasteiger partial charge on any atom is 0.225 e. The van der Waals surface area contributed by atoms with Crippen LogP contribution in [-0.4, -0.2) is 40.1 Å². The minimum absolute atomic E-state index is 0.231. The number of hydrogen-bond donors (Lipinski definition) is 0. The van der Waals surface area contributed by atoms with Gasteiger partial charge in [-0.05, 0) is 46.2 Å². The number of aryl methyl sites for hydroxylation is 1. The Morgan fingerprint density at radius 2 is 1.83 bits per heavy atom. The van der Waals surface area contributed by atoms with Gasteiger partial charge in [-0.1, -0.05) is 0 Å². The summed E-state index contributed by atoms with van der Waals surface area (Å²) in [6.07, 6.45) is 0. The van der Waals surface area contributed by atoms with Crippen LogP contribution in [0.15, 0.2) is 6.07 Å². The molecular weight excluding hydrogens is 250 g/mol. The van der Waals surface area contributed by atoms with Crippen molar-refractivity contribution in [3.63, 3.8) is 0 Å². The second-order valence-electron chi connectivity index (χ2n) is 4.89. The van der Waals surface area contributed by atoms with Gasteiger partial charge in [-0.25, -0.2) is 4.98 Å². The zero-order valence-corrected chi connectivity index (χ0v) is 12.5. The minimum atomic E-state index is 0.231. The van der Waals surface area contributed by atoms with E-state index >= 15 is 0 Å². The van der Waals surface area contributed by atoms with E-state index in [1.807, 2.05) is 6.92 Å². The number of aromatic nitrogens is 2. The first-order valence-corrected chi connectivity index (χ1v) is 6.67. The number of nitrogens with zero attached hydrogens (tertiary/aromatic N) is 3. The topological polar surface area (TPSA) is 38.2 Å². The van der Waals surface area contributed by atoms with E-state index in [0.29, 0.717) is 24.6 Å². The van der Waals surface area contributed by atoms with E-state index in [-0.39, 0.29) is 5.28 Å². The smallest absolute Gasteiger partial charge is 0.225 e. The molecular formula is C13H22ClN3O. The zero-order chi connectivity index (χ0) is 13.7. The molecule has 0 amide bonds. The third-order valence-electron chi connectivity index (χ3n) is 2.73. The Morgan fingerprint density at radius 3 is 2.33 bits per heavy atom. The summed E-state index contributed by atoms with van der Waals surface area (Å²) in [7, 11) is 0. The van der Waals surface area contributed by atoms with Gasteiger partial charge in [-0.2, -0.15) is 4.98 Å². The molecule has 0 spiro atoms. The molecule has 1 aromatic heterocycles. The molecule has 0 atom stereocenters. The van der Waals surface area contributed by atoms with Gasteiger partial charge in [0.25, 0.3) is 0 Å². The molecule has 0 unspecified atom stereocenters. The minimum Gasteiger partial charge on any atom is -0.476 e. The van der Waals surface area contributed by atoms with Crippen LogP contribution in [0, 0.1) is 6.92 Å². The Hall–Kier alpha value is -0.870. The van der Waals surface area contributed by atoms with Crippen molar-refractivity contribution in [2.75, 3.05) is 13.2 Å². The lowest BCUT2D eigenvalue weighted by atomic mass is 10.2. The standard InChI is InChI=1S/C13H22ClN3O/c1-9(2)17(10(3)4)6-7-18-12-8-11(5)15-13(14)16-12/h8-10H,6-7H2,1-5H3. The summed E-state index contributed by atoms with van der Waals surface area (Å²) in [5, 5.41) is 0.231. The summed E-state index contributed by atoms with van der Waals surface area (Å²) in [6, 6.07) is 2.80. The molecule has 102 valence electrons. The van der Waals surface area contributed by atoms with Crippen molar-refractivity contribution in [2.24, 2.45) is 0 Å². The highest BCUT2D eigenvalue weighted by atomic mass is 35.5. The van der Waals surface area contributed by atoms with Gasteiger partial charge in [0.2, 0.25) is 11.2 Å². The fourth-order valence-corrected chi connectivity index (χ4v) is 2.16. The van der Waals surface area contributed by atoms with Crippen molar-refractivity contribution in [1.29, 1.82) is 0 Å². The second kappa shape index (κ2) is 6.90. The van der Waals surface area contributed by atoms with Gasteiger partial charge >= 0.3 is 0 Å². The maximum absolute atomic E-state index is 5.78. The van der Waals surface area contributed by atoms with E-state index < -0.39 is 0 Å². The van der Waals surface area contributed by atoms with Crippen molar-refractivity contribution < 1.29 is 4.74 Å². The molecule has 0 radical (unpaired) electrons. The molecule has 1 heterocycles. The number of rotatable bonds is 6. The molecule has 1 aromatic rings. The SMILES string of the molecule is Cc1cc(OCCN(C(C)C)C(C)C)nc(Cl)n1. The van der Waals surface area contributed by atoms with E-state index in [2.05, 4.69) is 42.6 Å². The average Bonchev–Trinajstić information content (AvgIpc) is 2.21. The molecule has 0 saturated carbocycles. The summed E-state index contributed by atoms with van der Waals surface area (Å²) in [6.45, 7) is 12.1. The summed E-state index contributed by atoms with van der Waals surface area (Å²) in [5.41, 5.74) is 0.814. The third kappa shape index (κ3) is 4.78. The van der Waals surface area contributed by atoms with Crippen LogP contribution in [0.3, 0.4) is 0 Å². The molecule has 0 aliphatic heterocycles. The quantitative estimate of drug-likeness (QED) is 0.746. The molecule has 0 bridgehead atoms. The third-order valence-corrected chi connectivity index (χ3v) is 2.90. The molecule has 1 rings (SSSR count). The molecule has 0 saturated heterocycles. The monoisotopic (exact) mass is 271 g/mol. The van der Waals surface area contributed by atoms with Crippen LogP contribution in [0.5, 0.6) is 5.88 Å². The molecule has 5 heteroatoms. The number of ether oxygens (including phenoxy) is 1. The predicted octanol–water partition coefficient (Wildman–Crippen LogP) is 2.94. The van der Waals surface area contributed by atoms with Gasteiger partial charge in [-0.3, -0.25) is 4.90 Å². The van der Waals surface area contributed by atoms with Crippen LogP contribution in [0.25, 0.3) is 0 Å². The van der Waals surface area contributed by atoms with Crippen LogP contribution in [0.4, 0.5) is 0 Å². The fraction of sp³-hybridized carbons (Fsp3) is 0.692. The number of hydrogen-bond acceptors (Lipinski definition) is 4. The van der Waals surface area contributed by atoms with Gasteiger partial charge < -0.3 is 4.74 Å². The second-order valence-corrected chi connectivity index (χ2v) is 5.23. The van der Waals surface area contributed by atoms with E-state index in [1.165, 1.54) is 0 Å². The lowest BCUT2D eigenvalue weighted by Gasteiger charge is -2.30. The summed E-state index contributed by atoms with van der Waals surface area (Å²) < 4.78 is 5.62. The summed E-state index contributed by atoms with van der Waals surface area (Å²) in [5.74, 6) is 0.542. The van der Waals surface area contributed by atoms with Gasteiger partial charge in [0.1, 0.15) is 6.61 Å². The van der Waals surface area contributed by atoms with Gasteiger partial charge in [0, 0.05) is 30.4 Å². The van der Waals surface area contributed by atoms with Crippen LogP contribution in [0.1, 0.15) is 33.4 Å². The Bertz CT molecular complexity index is 354. The summed E-state index contributed by atoms with van der Waals surface area (Å²) in [4.78, 5) is 10.4. The predicted molar refractivity (Wildman–Crippen MR) is 74.3 cm³/mol. The van der Waals surface area contributed by atoms with Crippen molar-refractivity contribution >= 4 is 11.6 Å². The van der Waals surface area contributed by atoms with Crippen molar-refractivity contribution in [2.45, 2.75) is 46.7 Å². The Morgan fingerprint density at radius 1 is 1.22 bits per heavy atom. The first-order valence-electron chi connectivity index (χ1n) is 6.30. The Kier molecular flexibility index (Phi) is 5.82.